The first-order valence-corrected chi connectivity index (χ1v) is 5.75. The van der Waals surface area contributed by atoms with Gasteiger partial charge in [0.1, 0.15) is 5.82 Å². The summed E-state index contributed by atoms with van der Waals surface area (Å²) >= 11 is 0. The number of hydrogen-bond donors (Lipinski definition) is 1. The summed E-state index contributed by atoms with van der Waals surface area (Å²) in [5.41, 5.74) is 1.26. The van der Waals surface area contributed by atoms with E-state index >= 15 is 0 Å². The zero-order valence-electron chi connectivity index (χ0n) is 11.3. The van der Waals surface area contributed by atoms with Gasteiger partial charge in [-0.25, -0.2) is 4.39 Å². The summed E-state index contributed by atoms with van der Waals surface area (Å²) in [5.74, 6) is -1.58. The number of nitrogens with one attached hydrogen (secondary N) is 1. The molecule has 0 fully saturated rings. The molecule has 0 spiro atoms. The van der Waals surface area contributed by atoms with Crippen LogP contribution in [0.5, 0.6) is 0 Å². The fourth-order valence-electron chi connectivity index (χ4n) is 1.76. The molecule has 98 valence electrons. The Morgan fingerprint density at radius 3 is 2.55 bits per heavy atom. The molecule has 0 aliphatic rings. The third-order valence-corrected chi connectivity index (χ3v) is 2.78. The number of halogens is 1. The summed E-state index contributed by atoms with van der Waals surface area (Å²) in [6, 6.07) is 7.19. The first kappa shape index (κ1) is 16.2. The molecule has 1 N–H and O–H groups in total. The average Bonchev–Trinajstić information content (AvgIpc) is 2.39. The monoisotopic (exact) mass is 266 g/mol. The van der Waals surface area contributed by atoms with Crippen molar-refractivity contribution in [1.82, 2.24) is 4.98 Å². The van der Waals surface area contributed by atoms with Crippen LogP contribution in [0.4, 0.5) is 10.1 Å². The van der Waals surface area contributed by atoms with Gasteiger partial charge in [-0.1, -0.05) is 12.1 Å². The van der Waals surface area contributed by atoms with E-state index in [1.807, 2.05) is 6.92 Å². The second-order valence-electron chi connectivity index (χ2n) is 4.13. The minimum Gasteiger partial charge on any atom is -0.545 e. The first-order chi connectivity index (χ1) is 9.08. The molecule has 1 atom stereocenters. The van der Waals surface area contributed by atoms with Crippen molar-refractivity contribution in [2.45, 2.75) is 13.0 Å². The van der Waals surface area contributed by atoms with Gasteiger partial charge >= 0.3 is 18.9 Å². The van der Waals surface area contributed by atoms with Crippen LogP contribution in [0.1, 0.15) is 28.9 Å². The maximum absolute atomic E-state index is 12.8. The zero-order chi connectivity index (χ0) is 13.8. The van der Waals surface area contributed by atoms with E-state index in [2.05, 4.69) is 10.3 Å². The Morgan fingerprint density at radius 1 is 1.30 bits per heavy atom. The maximum atomic E-state index is 12.8. The molecule has 0 bridgehead atoms. The number of carbonyl (C=O) groups is 1. The van der Waals surface area contributed by atoms with Gasteiger partial charge in [-0.05, 0) is 30.7 Å². The van der Waals surface area contributed by atoms with Crippen molar-refractivity contribution in [3.63, 3.8) is 0 Å². The van der Waals surface area contributed by atoms with Crippen LogP contribution in [0, 0.1) is 5.82 Å². The molecule has 1 unspecified atom stereocenters. The summed E-state index contributed by atoms with van der Waals surface area (Å²) in [7, 11) is 0. The fourth-order valence-corrected chi connectivity index (χ4v) is 1.76. The quantitative estimate of drug-likeness (QED) is 0.703. The van der Waals surface area contributed by atoms with Crippen LogP contribution in [0.3, 0.4) is 0 Å². The van der Waals surface area contributed by atoms with E-state index in [1.165, 1.54) is 30.6 Å². The van der Waals surface area contributed by atoms with Crippen LogP contribution >= 0.6 is 0 Å². The molecule has 0 saturated carbocycles. The molecule has 1 aromatic heterocycles. The van der Waals surface area contributed by atoms with E-state index < -0.39 is 5.97 Å². The first-order valence-electron chi connectivity index (χ1n) is 5.75. The number of benzene rings is 1. The Hall–Kier alpha value is -1.83. The average molecular weight is 266 g/mol. The van der Waals surface area contributed by atoms with Gasteiger partial charge in [0.15, 0.2) is 0 Å². The van der Waals surface area contributed by atoms with Crippen molar-refractivity contribution in [2.24, 2.45) is 0 Å². The largest absolute Gasteiger partial charge is 1.00 e. The summed E-state index contributed by atoms with van der Waals surface area (Å²) in [6.07, 6.45) is 2.81. The summed E-state index contributed by atoms with van der Waals surface area (Å²) in [4.78, 5) is 14.8. The van der Waals surface area contributed by atoms with Crippen LogP contribution in [-0.2, 0) is 0 Å². The molecule has 6 heteroatoms. The molecule has 0 aliphatic heterocycles. The van der Waals surface area contributed by atoms with E-state index in [-0.39, 0.29) is 36.3 Å². The third-order valence-electron chi connectivity index (χ3n) is 2.78. The van der Waals surface area contributed by atoms with Crippen LogP contribution in [0.25, 0.3) is 0 Å². The summed E-state index contributed by atoms with van der Waals surface area (Å²) in [5, 5.41) is 14.0. The van der Waals surface area contributed by atoms with Crippen LogP contribution in [0.2, 0.25) is 0 Å². The molecular weight excluding hydrogens is 254 g/mol. The molecule has 0 saturated heterocycles. The number of hydrogen-bond acceptors (Lipinski definition) is 4. The number of pyridine rings is 1. The van der Waals surface area contributed by atoms with Gasteiger partial charge in [0.2, 0.25) is 0 Å². The number of carbonyl (C=O) groups excluding carboxylic acids is 1. The molecule has 2 rings (SSSR count). The molecular formula is C14H12FLiN2O2. The van der Waals surface area contributed by atoms with Gasteiger partial charge in [0.25, 0.3) is 0 Å². The molecule has 1 heterocycles. The van der Waals surface area contributed by atoms with Crippen LogP contribution < -0.4 is 29.3 Å². The van der Waals surface area contributed by atoms with Crippen LogP contribution in [0.15, 0.2) is 42.7 Å². The second-order valence-corrected chi connectivity index (χ2v) is 4.13. The smallest absolute Gasteiger partial charge is 0.545 e. The number of anilines is 1. The van der Waals surface area contributed by atoms with Crippen molar-refractivity contribution in [3.8, 4) is 0 Å². The van der Waals surface area contributed by atoms with Crippen molar-refractivity contribution in [3.05, 3.63) is 59.7 Å². The zero-order valence-corrected chi connectivity index (χ0v) is 11.3. The van der Waals surface area contributed by atoms with Crippen LogP contribution in [-0.4, -0.2) is 11.0 Å². The molecule has 4 nitrogen and oxygen atoms in total. The van der Waals surface area contributed by atoms with Crippen molar-refractivity contribution < 1.29 is 33.2 Å². The number of nitrogens with zero attached hydrogens (tertiary/aromatic N) is 1. The molecule has 2 aromatic rings. The van der Waals surface area contributed by atoms with E-state index in [4.69, 9.17) is 0 Å². The van der Waals surface area contributed by atoms with E-state index in [0.29, 0.717) is 5.69 Å². The van der Waals surface area contributed by atoms with E-state index in [0.717, 1.165) is 5.56 Å². The Kier molecular flexibility index (Phi) is 5.75. The Balaban J connectivity index is 0.00000200. The van der Waals surface area contributed by atoms with Gasteiger partial charge in [-0.15, -0.1) is 0 Å². The standard InChI is InChI=1S/C14H13FN2O2.Li/c1-9(10-2-4-11(15)5-3-10)17-13-8-16-7-6-12(13)14(18)19;/h2-9,17H,1H3,(H,18,19);/q;+1/p-1. The number of aromatic nitrogens is 1. The number of carboxylic acid groups (broad SMARTS) is 1. The Bertz CT molecular complexity index is 590. The van der Waals surface area contributed by atoms with E-state index in [1.54, 1.807) is 12.1 Å². The van der Waals surface area contributed by atoms with Gasteiger partial charge in [0.05, 0.1) is 17.9 Å². The molecule has 0 radical (unpaired) electrons. The van der Waals surface area contributed by atoms with E-state index in [9.17, 15) is 14.3 Å². The second kappa shape index (κ2) is 7.08. The number of carboxylic acids is 1. The number of aromatic carboxylic acids is 1. The van der Waals surface area contributed by atoms with Gasteiger partial charge < -0.3 is 15.2 Å². The topological polar surface area (TPSA) is 65.0 Å². The summed E-state index contributed by atoms with van der Waals surface area (Å²) < 4.78 is 12.8. The van der Waals surface area contributed by atoms with Crippen molar-refractivity contribution in [2.75, 3.05) is 5.32 Å². The van der Waals surface area contributed by atoms with Gasteiger partial charge in [-0.2, -0.15) is 0 Å². The summed E-state index contributed by atoms with van der Waals surface area (Å²) in [6.45, 7) is 1.85. The molecule has 0 aliphatic carbocycles. The maximum Gasteiger partial charge on any atom is 1.00 e. The minimum atomic E-state index is -1.27. The van der Waals surface area contributed by atoms with Gasteiger partial charge in [-0.3, -0.25) is 4.98 Å². The van der Waals surface area contributed by atoms with Crippen molar-refractivity contribution in [1.29, 1.82) is 0 Å². The fraction of sp³-hybridized carbons (Fsp3) is 0.143. The SMILES string of the molecule is CC(Nc1cnccc1C(=O)[O-])c1ccc(F)cc1.[Li+]. The predicted molar refractivity (Wildman–Crippen MR) is 67.0 cm³/mol. The predicted octanol–water partition coefficient (Wildman–Crippen LogP) is -1.24. The van der Waals surface area contributed by atoms with Gasteiger partial charge in [0, 0.05) is 17.8 Å². The Labute approximate surface area is 128 Å². The Morgan fingerprint density at radius 2 is 1.95 bits per heavy atom. The molecule has 0 amide bonds. The molecule has 20 heavy (non-hydrogen) atoms. The molecule has 1 aromatic carbocycles. The minimum absolute atomic E-state index is 0. The normalized spacial score (nSPS) is 11.3. The van der Waals surface area contributed by atoms with Crippen molar-refractivity contribution >= 4 is 11.7 Å². The third kappa shape index (κ3) is 3.83. The number of rotatable bonds is 4.